The van der Waals surface area contributed by atoms with Gasteiger partial charge in [-0.1, -0.05) is 41.9 Å². The summed E-state index contributed by atoms with van der Waals surface area (Å²) in [6.45, 7) is 3.45. The van der Waals surface area contributed by atoms with Gasteiger partial charge in [-0.05, 0) is 74.2 Å². The first-order chi connectivity index (χ1) is 17.4. The maximum absolute atomic E-state index is 14.2. The fourth-order valence-electron chi connectivity index (χ4n) is 4.36. The zero-order valence-corrected chi connectivity index (χ0v) is 21.1. The van der Waals surface area contributed by atoms with Gasteiger partial charge in [0.05, 0.1) is 5.56 Å². The fraction of sp³-hybridized carbons (Fsp3) is 0.250. The third-order valence-electron chi connectivity index (χ3n) is 6.07. The summed E-state index contributed by atoms with van der Waals surface area (Å²) >= 11 is 5.98. The summed E-state index contributed by atoms with van der Waals surface area (Å²) in [5.74, 6) is -4.09. The lowest BCUT2D eigenvalue weighted by molar-refractivity contribution is -0.144. The van der Waals surface area contributed by atoms with Gasteiger partial charge in [-0.3, -0.25) is 9.59 Å². The zero-order valence-electron chi connectivity index (χ0n) is 20.4. The topological polar surface area (TPSA) is 101 Å². The maximum Gasteiger partial charge on any atom is 0.326 e. The minimum atomic E-state index is -1.36. The van der Waals surface area contributed by atoms with Crippen molar-refractivity contribution in [3.8, 4) is 11.1 Å². The van der Waals surface area contributed by atoms with Gasteiger partial charge in [0.25, 0.3) is 5.91 Å². The number of carboxylic acids is 1. The first-order valence-electron chi connectivity index (χ1n) is 11.5. The van der Waals surface area contributed by atoms with Gasteiger partial charge in [0, 0.05) is 22.5 Å². The molecule has 0 saturated carbocycles. The second-order valence-corrected chi connectivity index (χ2v) is 9.76. The number of benzene rings is 3. The van der Waals surface area contributed by atoms with Crippen LogP contribution in [0.3, 0.4) is 0 Å². The molecule has 2 amide bonds. The summed E-state index contributed by atoms with van der Waals surface area (Å²) in [6, 6.07) is 14.7. The van der Waals surface area contributed by atoms with Crippen molar-refractivity contribution >= 4 is 29.4 Å². The van der Waals surface area contributed by atoms with Gasteiger partial charge >= 0.3 is 5.97 Å². The lowest BCUT2D eigenvalue weighted by Gasteiger charge is -2.42. The Labute approximate surface area is 218 Å². The van der Waals surface area contributed by atoms with Crippen LogP contribution in [0.5, 0.6) is 0 Å². The largest absolute Gasteiger partial charge is 0.480 e. The average Bonchev–Trinajstić information content (AvgIpc) is 2.82. The van der Waals surface area contributed by atoms with Crippen LogP contribution in [0.4, 0.5) is 8.78 Å². The standard InChI is InChI=1S/C28H27ClF2N2O4/c1-28(2,16-17-6-12-20(29)13-7-17)33(23(27(36)37)14-15-24(32)34)26(35)19-10-8-18(9-11-19)25-21(30)4-3-5-22(25)31/h3-13,23H,14-16H2,1-2H3,(H2,32,34)(H,36,37)/t23-/m0/s1. The van der Waals surface area contributed by atoms with E-state index in [0.29, 0.717) is 5.02 Å². The van der Waals surface area contributed by atoms with Crippen LogP contribution in [0.15, 0.2) is 66.7 Å². The lowest BCUT2D eigenvalue weighted by atomic mass is 9.89. The summed E-state index contributed by atoms with van der Waals surface area (Å²) in [5, 5.41) is 10.6. The van der Waals surface area contributed by atoms with Crippen molar-refractivity contribution in [3.05, 3.63) is 94.5 Å². The van der Waals surface area contributed by atoms with E-state index in [2.05, 4.69) is 0 Å². The zero-order chi connectivity index (χ0) is 27.3. The number of nitrogens with two attached hydrogens (primary N) is 1. The highest BCUT2D eigenvalue weighted by Gasteiger charge is 2.40. The molecule has 0 saturated heterocycles. The van der Waals surface area contributed by atoms with Crippen molar-refractivity contribution in [2.75, 3.05) is 0 Å². The van der Waals surface area contributed by atoms with E-state index in [1.807, 2.05) is 0 Å². The molecule has 0 heterocycles. The minimum absolute atomic E-state index is 0.120. The number of nitrogens with zero attached hydrogens (tertiary/aromatic N) is 1. The molecule has 3 aromatic rings. The van der Waals surface area contributed by atoms with E-state index in [1.165, 1.54) is 35.2 Å². The van der Waals surface area contributed by atoms with Crippen LogP contribution < -0.4 is 5.73 Å². The molecule has 6 nitrogen and oxygen atoms in total. The number of amides is 2. The number of carboxylic acid groups (broad SMARTS) is 1. The summed E-state index contributed by atoms with van der Waals surface area (Å²) < 4.78 is 28.5. The van der Waals surface area contributed by atoms with Crippen molar-refractivity contribution in [3.63, 3.8) is 0 Å². The molecule has 3 aromatic carbocycles. The number of carbonyl (C=O) groups is 3. The number of rotatable bonds is 10. The summed E-state index contributed by atoms with van der Waals surface area (Å²) in [5.41, 5.74) is 5.17. The Morgan fingerprint density at radius 3 is 2.05 bits per heavy atom. The molecule has 9 heteroatoms. The Morgan fingerprint density at radius 2 is 1.54 bits per heavy atom. The quantitative estimate of drug-likeness (QED) is 0.364. The van der Waals surface area contributed by atoms with E-state index in [1.54, 1.807) is 38.1 Å². The predicted octanol–water partition coefficient (Wildman–Crippen LogP) is 5.47. The van der Waals surface area contributed by atoms with E-state index in [4.69, 9.17) is 17.3 Å². The summed E-state index contributed by atoms with van der Waals surface area (Å²) in [6.07, 6.45) is -0.128. The first kappa shape index (κ1) is 27.8. The van der Waals surface area contributed by atoms with Crippen molar-refractivity contribution in [2.45, 2.75) is 44.7 Å². The maximum atomic E-state index is 14.2. The number of hydrogen-bond donors (Lipinski definition) is 2. The molecule has 0 unspecified atom stereocenters. The molecular formula is C28H27ClF2N2O4. The van der Waals surface area contributed by atoms with E-state index >= 15 is 0 Å². The lowest BCUT2D eigenvalue weighted by Crippen LogP contribution is -2.57. The number of primary amides is 1. The van der Waals surface area contributed by atoms with Crippen molar-refractivity contribution in [1.82, 2.24) is 4.90 Å². The summed E-state index contributed by atoms with van der Waals surface area (Å²) in [7, 11) is 0. The van der Waals surface area contributed by atoms with E-state index in [0.717, 1.165) is 17.7 Å². The molecule has 37 heavy (non-hydrogen) atoms. The Bertz CT molecular complexity index is 1270. The molecule has 0 spiro atoms. The Hall–Kier alpha value is -3.78. The van der Waals surface area contributed by atoms with Crippen LogP contribution in [-0.4, -0.2) is 39.4 Å². The molecule has 3 rings (SSSR count). The second-order valence-electron chi connectivity index (χ2n) is 9.32. The highest BCUT2D eigenvalue weighted by Crippen LogP contribution is 2.30. The molecule has 194 valence electrons. The third-order valence-corrected chi connectivity index (χ3v) is 6.32. The van der Waals surface area contributed by atoms with Crippen LogP contribution in [0, 0.1) is 11.6 Å². The van der Waals surface area contributed by atoms with Crippen molar-refractivity contribution in [1.29, 1.82) is 0 Å². The van der Waals surface area contributed by atoms with Crippen molar-refractivity contribution < 1.29 is 28.3 Å². The average molecular weight is 529 g/mol. The molecule has 0 bridgehead atoms. The summed E-state index contributed by atoms with van der Waals surface area (Å²) in [4.78, 5) is 38.8. The first-order valence-corrected chi connectivity index (χ1v) is 11.9. The Kier molecular flexibility index (Phi) is 8.65. The SMILES string of the molecule is CC(C)(Cc1ccc(Cl)cc1)N(C(=O)c1ccc(-c2c(F)cccc2F)cc1)[C@@H](CCC(N)=O)C(=O)O. The fourth-order valence-corrected chi connectivity index (χ4v) is 4.49. The van der Waals surface area contributed by atoms with Gasteiger partial charge in [0.15, 0.2) is 0 Å². The minimum Gasteiger partial charge on any atom is -0.480 e. The van der Waals surface area contributed by atoms with Crippen LogP contribution in [0.25, 0.3) is 11.1 Å². The molecule has 0 aliphatic carbocycles. The van der Waals surface area contributed by atoms with Crippen LogP contribution >= 0.6 is 11.6 Å². The predicted molar refractivity (Wildman–Crippen MR) is 137 cm³/mol. The highest BCUT2D eigenvalue weighted by atomic mass is 35.5. The van der Waals surface area contributed by atoms with Crippen LogP contribution in [0.2, 0.25) is 5.02 Å². The van der Waals surface area contributed by atoms with Gasteiger partial charge in [-0.2, -0.15) is 0 Å². The van der Waals surface area contributed by atoms with Crippen LogP contribution in [0.1, 0.15) is 42.6 Å². The van der Waals surface area contributed by atoms with Crippen molar-refractivity contribution in [2.24, 2.45) is 5.73 Å². The molecule has 3 N–H and O–H groups in total. The number of aliphatic carboxylic acids is 1. The van der Waals surface area contributed by atoms with Gasteiger partial charge < -0.3 is 15.7 Å². The van der Waals surface area contributed by atoms with Gasteiger partial charge in [-0.25, -0.2) is 13.6 Å². The monoisotopic (exact) mass is 528 g/mol. The van der Waals surface area contributed by atoms with E-state index < -0.39 is 41.0 Å². The second kappa shape index (κ2) is 11.5. The smallest absolute Gasteiger partial charge is 0.326 e. The number of carbonyl (C=O) groups excluding carboxylic acids is 2. The van der Waals surface area contributed by atoms with Gasteiger partial charge in [0.2, 0.25) is 5.91 Å². The number of halogens is 3. The Morgan fingerprint density at radius 1 is 0.973 bits per heavy atom. The molecule has 1 atom stereocenters. The third kappa shape index (κ3) is 6.71. The Balaban J connectivity index is 2.02. The van der Waals surface area contributed by atoms with Gasteiger partial charge in [0.1, 0.15) is 17.7 Å². The van der Waals surface area contributed by atoms with Gasteiger partial charge in [-0.15, -0.1) is 0 Å². The van der Waals surface area contributed by atoms with Crippen LogP contribution in [-0.2, 0) is 16.0 Å². The van der Waals surface area contributed by atoms with E-state index in [-0.39, 0.29) is 36.0 Å². The molecule has 0 radical (unpaired) electrons. The molecule has 0 fully saturated rings. The molecule has 0 aliphatic rings. The normalized spacial score (nSPS) is 12.1. The molecular weight excluding hydrogens is 502 g/mol. The highest BCUT2D eigenvalue weighted by molar-refractivity contribution is 6.30. The molecule has 0 aliphatic heterocycles. The van der Waals surface area contributed by atoms with E-state index in [9.17, 15) is 28.3 Å². The number of hydrogen-bond acceptors (Lipinski definition) is 3. The molecule has 0 aromatic heterocycles.